The van der Waals surface area contributed by atoms with E-state index in [9.17, 15) is 14.4 Å². The molecular weight excluding hydrogens is 255 g/mol. The Bertz CT molecular complexity index is 514. The van der Waals surface area contributed by atoms with Crippen molar-refractivity contribution in [3.05, 3.63) is 29.6 Å². The number of halogens is 1. The summed E-state index contributed by atoms with van der Waals surface area (Å²) in [6.45, 7) is 5.50. The summed E-state index contributed by atoms with van der Waals surface area (Å²) in [5, 5.41) is 12.1. The minimum atomic E-state index is -1.03. The maximum absolute atomic E-state index is 13.5. The number of carbonyl (C=O) groups excluding carboxylic acids is 1. The lowest BCUT2D eigenvalue weighted by Gasteiger charge is -2.25. The van der Waals surface area contributed by atoms with E-state index >= 15 is 0 Å². The van der Waals surface area contributed by atoms with Crippen LogP contribution >= 0.6 is 0 Å². The van der Waals surface area contributed by atoms with Gasteiger partial charge >= 0.3 is 0 Å². The third-order valence-electron chi connectivity index (χ3n) is 3.52. The topological polar surface area (TPSA) is 52.9 Å². The van der Waals surface area contributed by atoms with Gasteiger partial charge in [0, 0.05) is 11.3 Å². The van der Waals surface area contributed by atoms with Crippen molar-refractivity contribution in [1.82, 2.24) is 0 Å². The number of hydrogen-bond acceptors (Lipinski definition) is 2. The van der Waals surface area contributed by atoms with Gasteiger partial charge in [-0.15, -0.1) is 0 Å². The molecule has 0 saturated carbocycles. The lowest BCUT2D eigenvalue weighted by Crippen LogP contribution is -2.35. The zero-order chi connectivity index (χ0) is 15.2. The Morgan fingerprint density at radius 3 is 2.45 bits per heavy atom. The molecule has 3 nitrogen and oxygen atoms in total. The molecule has 0 atom stereocenters. The van der Waals surface area contributed by atoms with Crippen LogP contribution in [0.15, 0.2) is 18.2 Å². The number of anilines is 1. The minimum Gasteiger partial charge on any atom is -0.324 e. The van der Waals surface area contributed by atoms with Gasteiger partial charge in [0.1, 0.15) is 11.2 Å². The molecule has 1 N–H and O–H groups in total. The third kappa shape index (κ3) is 3.36. The van der Waals surface area contributed by atoms with Crippen molar-refractivity contribution < 1.29 is 9.18 Å². The molecule has 1 rings (SSSR count). The summed E-state index contributed by atoms with van der Waals surface area (Å²) in [7, 11) is 0. The number of nitriles is 1. The van der Waals surface area contributed by atoms with Crippen molar-refractivity contribution in [2.45, 2.75) is 46.5 Å². The van der Waals surface area contributed by atoms with E-state index in [0.717, 1.165) is 12.8 Å². The van der Waals surface area contributed by atoms with Crippen LogP contribution in [0.25, 0.3) is 0 Å². The summed E-state index contributed by atoms with van der Waals surface area (Å²) in [5.74, 6) is -0.700. The molecule has 0 aliphatic heterocycles. The molecule has 0 aliphatic rings. The van der Waals surface area contributed by atoms with Gasteiger partial charge in [-0.05, 0) is 31.9 Å². The number of benzene rings is 1. The van der Waals surface area contributed by atoms with Crippen molar-refractivity contribution in [2.24, 2.45) is 5.41 Å². The van der Waals surface area contributed by atoms with Crippen molar-refractivity contribution in [2.75, 3.05) is 5.32 Å². The molecule has 20 heavy (non-hydrogen) atoms. The molecule has 0 heterocycles. The first kappa shape index (κ1) is 16.2. The minimum absolute atomic E-state index is 0.336. The number of rotatable bonds is 6. The first-order chi connectivity index (χ1) is 9.50. The van der Waals surface area contributed by atoms with Crippen molar-refractivity contribution >= 4 is 11.6 Å². The highest BCUT2D eigenvalue weighted by atomic mass is 19.1. The quantitative estimate of drug-likeness (QED) is 0.847. The Hall–Kier alpha value is -1.89. The number of nitrogens with zero attached hydrogens (tertiary/aromatic N) is 1. The Morgan fingerprint density at radius 2 is 1.95 bits per heavy atom. The molecule has 0 unspecified atom stereocenters. The molecule has 1 aromatic carbocycles. The molecule has 0 aliphatic carbocycles. The molecule has 1 aromatic rings. The molecule has 1 amide bonds. The fraction of sp³-hybridized carbons (Fsp3) is 0.500. The zero-order valence-electron chi connectivity index (χ0n) is 12.3. The summed E-state index contributed by atoms with van der Waals surface area (Å²) in [5.41, 5.74) is -0.204. The summed E-state index contributed by atoms with van der Waals surface area (Å²) in [4.78, 5) is 12.5. The maximum atomic E-state index is 13.5. The van der Waals surface area contributed by atoms with Gasteiger partial charge in [-0.25, -0.2) is 4.39 Å². The van der Waals surface area contributed by atoms with E-state index in [2.05, 4.69) is 11.4 Å². The van der Waals surface area contributed by atoms with Gasteiger partial charge in [0.25, 0.3) is 0 Å². The summed E-state index contributed by atoms with van der Waals surface area (Å²) in [6, 6.07) is 6.71. The molecule has 108 valence electrons. The zero-order valence-corrected chi connectivity index (χ0v) is 12.3. The number of amides is 1. The Labute approximate surface area is 119 Å². The normalized spacial score (nSPS) is 10.9. The van der Waals surface area contributed by atoms with Gasteiger partial charge in [0.2, 0.25) is 5.91 Å². The SMILES string of the molecule is CCCC(C#N)(CCC)C(=O)Nc1cccc(F)c1C. The molecule has 0 radical (unpaired) electrons. The van der Waals surface area contributed by atoms with Gasteiger partial charge in [0.05, 0.1) is 6.07 Å². The van der Waals surface area contributed by atoms with Crippen LogP contribution in [0.4, 0.5) is 10.1 Å². The van der Waals surface area contributed by atoms with E-state index in [1.165, 1.54) is 6.07 Å². The maximum Gasteiger partial charge on any atom is 0.244 e. The largest absolute Gasteiger partial charge is 0.324 e. The van der Waals surface area contributed by atoms with Crippen molar-refractivity contribution in [1.29, 1.82) is 5.26 Å². The predicted octanol–water partition coefficient (Wildman–Crippen LogP) is 4.18. The van der Waals surface area contributed by atoms with Gasteiger partial charge in [0.15, 0.2) is 0 Å². The van der Waals surface area contributed by atoms with Crippen LogP contribution in [0.1, 0.15) is 45.1 Å². The van der Waals surface area contributed by atoms with E-state index in [4.69, 9.17) is 0 Å². The van der Waals surface area contributed by atoms with Gasteiger partial charge < -0.3 is 5.32 Å². The van der Waals surface area contributed by atoms with Gasteiger partial charge in [-0.3, -0.25) is 4.79 Å². The first-order valence-electron chi connectivity index (χ1n) is 6.98. The van der Waals surface area contributed by atoms with Crippen LogP contribution in [0.3, 0.4) is 0 Å². The molecular formula is C16H21FN2O. The highest BCUT2D eigenvalue weighted by Gasteiger charge is 2.37. The van der Waals surface area contributed by atoms with Crippen LogP contribution in [0.2, 0.25) is 0 Å². The van der Waals surface area contributed by atoms with E-state index in [-0.39, 0.29) is 11.7 Å². The number of carbonyl (C=O) groups is 1. The van der Waals surface area contributed by atoms with Crippen LogP contribution in [0.5, 0.6) is 0 Å². The van der Waals surface area contributed by atoms with Crippen molar-refractivity contribution in [3.8, 4) is 6.07 Å². The molecule has 0 spiro atoms. The number of nitrogens with one attached hydrogen (secondary N) is 1. The van der Waals surface area contributed by atoms with Crippen LogP contribution in [-0.4, -0.2) is 5.91 Å². The monoisotopic (exact) mass is 276 g/mol. The summed E-state index contributed by atoms with van der Waals surface area (Å²) < 4.78 is 13.5. The first-order valence-corrected chi connectivity index (χ1v) is 6.98. The van der Waals surface area contributed by atoms with E-state index in [1.54, 1.807) is 19.1 Å². The molecule has 0 aromatic heterocycles. The average molecular weight is 276 g/mol. The second-order valence-electron chi connectivity index (χ2n) is 5.06. The van der Waals surface area contributed by atoms with Crippen LogP contribution in [0, 0.1) is 29.5 Å². The van der Waals surface area contributed by atoms with Crippen molar-refractivity contribution in [3.63, 3.8) is 0 Å². The summed E-state index contributed by atoms with van der Waals surface area (Å²) in [6.07, 6.45) is 2.53. The van der Waals surface area contributed by atoms with Gasteiger partial charge in [-0.1, -0.05) is 32.8 Å². The second kappa shape index (κ2) is 7.04. The van der Waals surface area contributed by atoms with E-state index in [0.29, 0.717) is 24.1 Å². The Morgan fingerprint density at radius 1 is 1.35 bits per heavy atom. The Balaban J connectivity index is 3.02. The Kier molecular flexibility index (Phi) is 5.69. The van der Waals surface area contributed by atoms with E-state index in [1.807, 2.05) is 13.8 Å². The fourth-order valence-corrected chi connectivity index (χ4v) is 2.35. The molecule has 0 bridgehead atoms. The average Bonchev–Trinajstić information content (AvgIpc) is 2.43. The lowest BCUT2D eigenvalue weighted by atomic mass is 9.79. The highest BCUT2D eigenvalue weighted by Crippen LogP contribution is 2.31. The number of hydrogen-bond donors (Lipinski definition) is 1. The molecule has 0 saturated heterocycles. The highest BCUT2D eigenvalue weighted by molar-refractivity contribution is 5.97. The van der Waals surface area contributed by atoms with Crippen LogP contribution in [-0.2, 0) is 4.79 Å². The molecule has 0 fully saturated rings. The lowest BCUT2D eigenvalue weighted by molar-refractivity contribution is -0.123. The fourth-order valence-electron chi connectivity index (χ4n) is 2.35. The standard InChI is InChI=1S/C16H21FN2O/c1-4-9-16(11-18,10-5-2)15(20)19-14-8-6-7-13(17)12(14)3/h6-8H,4-5,9-10H2,1-3H3,(H,19,20). The van der Waals surface area contributed by atoms with E-state index < -0.39 is 5.41 Å². The van der Waals surface area contributed by atoms with Gasteiger partial charge in [-0.2, -0.15) is 5.26 Å². The smallest absolute Gasteiger partial charge is 0.244 e. The summed E-state index contributed by atoms with van der Waals surface area (Å²) >= 11 is 0. The molecule has 4 heteroatoms. The second-order valence-corrected chi connectivity index (χ2v) is 5.06. The van der Waals surface area contributed by atoms with Crippen LogP contribution < -0.4 is 5.32 Å². The third-order valence-corrected chi connectivity index (χ3v) is 3.52. The predicted molar refractivity (Wildman–Crippen MR) is 77.6 cm³/mol.